The molecule has 1 aromatic carbocycles. The highest BCUT2D eigenvalue weighted by Crippen LogP contribution is 2.30. The molecule has 0 spiro atoms. The van der Waals surface area contributed by atoms with Gasteiger partial charge in [-0.25, -0.2) is 0 Å². The van der Waals surface area contributed by atoms with Gasteiger partial charge in [0, 0.05) is 6.54 Å². The molecule has 1 N–H and O–H groups in total. The minimum absolute atomic E-state index is 0.561. The average Bonchev–Trinajstić information content (AvgIpc) is 2.44. The Bertz CT molecular complexity index is 376. The van der Waals surface area contributed by atoms with Crippen molar-refractivity contribution in [3.63, 3.8) is 0 Å². The monoisotopic (exact) mass is 263 g/mol. The molecular weight excluding hydrogens is 234 g/mol. The van der Waals surface area contributed by atoms with Crippen LogP contribution < -0.4 is 10.1 Å². The molecule has 2 atom stereocenters. The van der Waals surface area contributed by atoms with Gasteiger partial charge in [-0.1, -0.05) is 39.3 Å². The van der Waals surface area contributed by atoms with Gasteiger partial charge in [0.05, 0.1) is 7.11 Å². The number of ether oxygens (including phenoxy) is 1. The summed E-state index contributed by atoms with van der Waals surface area (Å²) in [4.78, 5) is 0. The number of methoxy groups -OCH3 is 1. The van der Waals surface area contributed by atoms with E-state index in [1.165, 1.54) is 24.0 Å². The van der Waals surface area contributed by atoms with E-state index >= 15 is 0 Å². The summed E-state index contributed by atoms with van der Waals surface area (Å²) in [6.07, 6.45) is 2.39. The quantitative estimate of drug-likeness (QED) is 0.712. The van der Waals surface area contributed by atoms with Gasteiger partial charge in [0.2, 0.25) is 0 Å². The van der Waals surface area contributed by atoms with Crippen LogP contribution in [-0.4, -0.2) is 20.2 Å². The van der Waals surface area contributed by atoms with Crippen LogP contribution in [0.1, 0.15) is 50.7 Å². The van der Waals surface area contributed by atoms with Crippen LogP contribution in [0, 0.1) is 12.8 Å². The van der Waals surface area contributed by atoms with Gasteiger partial charge in [-0.3, -0.25) is 0 Å². The Morgan fingerprint density at radius 1 is 1.26 bits per heavy atom. The van der Waals surface area contributed by atoms with Crippen molar-refractivity contribution in [3.05, 3.63) is 29.3 Å². The molecule has 0 radical (unpaired) electrons. The lowest BCUT2D eigenvalue weighted by Gasteiger charge is -2.24. The largest absolute Gasteiger partial charge is 0.496 e. The van der Waals surface area contributed by atoms with Crippen molar-refractivity contribution in [2.24, 2.45) is 5.92 Å². The minimum atomic E-state index is 0.561. The average molecular weight is 263 g/mol. The summed E-state index contributed by atoms with van der Waals surface area (Å²) >= 11 is 0. The van der Waals surface area contributed by atoms with E-state index in [-0.39, 0.29) is 0 Å². The van der Waals surface area contributed by atoms with Gasteiger partial charge < -0.3 is 10.1 Å². The van der Waals surface area contributed by atoms with Crippen LogP contribution in [0.4, 0.5) is 0 Å². The maximum atomic E-state index is 5.45. The molecule has 0 heterocycles. The first-order valence-electron chi connectivity index (χ1n) is 7.49. The van der Waals surface area contributed by atoms with E-state index in [1.54, 1.807) is 7.11 Å². The second-order valence-electron chi connectivity index (χ2n) is 5.43. The minimum Gasteiger partial charge on any atom is -0.496 e. The highest BCUT2D eigenvalue weighted by molar-refractivity contribution is 5.38. The fraction of sp³-hybridized carbons (Fsp3) is 0.647. The van der Waals surface area contributed by atoms with Crippen LogP contribution in [0.5, 0.6) is 5.75 Å². The Labute approximate surface area is 118 Å². The van der Waals surface area contributed by atoms with Crippen LogP contribution >= 0.6 is 0 Å². The molecule has 1 rings (SSSR count). The third-order valence-electron chi connectivity index (χ3n) is 3.98. The number of benzene rings is 1. The van der Waals surface area contributed by atoms with Gasteiger partial charge in [0.25, 0.3) is 0 Å². The Kier molecular flexibility index (Phi) is 6.93. The summed E-state index contributed by atoms with van der Waals surface area (Å²) in [5.74, 6) is 2.24. The summed E-state index contributed by atoms with van der Waals surface area (Å²) in [6.45, 7) is 11.1. The first kappa shape index (κ1) is 16.0. The molecule has 1 aromatic rings. The van der Waals surface area contributed by atoms with E-state index in [0.29, 0.717) is 11.8 Å². The maximum absolute atomic E-state index is 5.45. The second kappa shape index (κ2) is 8.21. The lowest BCUT2D eigenvalue weighted by molar-refractivity contribution is 0.402. The SMILES string of the molecule is CCCNCC(c1ccc(C)c(OC)c1)C(C)CC. The van der Waals surface area contributed by atoms with E-state index in [2.05, 4.69) is 51.2 Å². The normalized spacial score (nSPS) is 14.2. The smallest absolute Gasteiger partial charge is 0.122 e. The predicted octanol–water partition coefficient (Wildman–Crippen LogP) is 4.13. The lowest BCUT2D eigenvalue weighted by Crippen LogP contribution is -2.26. The Morgan fingerprint density at radius 2 is 2.00 bits per heavy atom. The molecule has 0 saturated heterocycles. The molecule has 19 heavy (non-hydrogen) atoms. The fourth-order valence-corrected chi connectivity index (χ4v) is 2.43. The van der Waals surface area contributed by atoms with Crippen molar-refractivity contribution in [1.82, 2.24) is 5.32 Å². The molecule has 2 unspecified atom stereocenters. The number of hydrogen-bond acceptors (Lipinski definition) is 2. The third-order valence-corrected chi connectivity index (χ3v) is 3.98. The summed E-state index contributed by atoms with van der Waals surface area (Å²) in [6, 6.07) is 6.63. The van der Waals surface area contributed by atoms with Gasteiger partial charge >= 0.3 is 0 Å². The van der Waals surface area contributed by atoms with Crippen molar-refractivity contribution in [2.75, 3.05) is 20.2 Å². The van der Waals surface area contributed by atoms with E-state index < -0.39 is 0 Å². The molecule has 0 aromatic heterocycles. The Morgan fingerprint density at radius 3 is 2.58 bits per heavy atom. The van der Waals surface area contributed by atoms with Crippen LogP contribution in [0.25, 0.3) is 0 Å². The summed E-state index contributed by atoms with van der Waals surface area (Å²) < 4.78 is 5.45. The van der Waals surface area contributed by atoms with E-state index in [1.807, 2.05) is 0 Å². The fourth-order valence-electron chi connectivity index (χ4n) is 2.43. The summed E-state index contributed by atoms with van der Waals surface area (Å²) in [5.41, 5.74) is 2.59. The summed E-state index contributed by atoms with van der Waals surface area (Å²) in [7, 11) is 1.75. The van der Waals surface area contributed by atoms with Crippen molar-refractivity contribution in [2.45, 2.75) is 46.5 Å². The van der Waals surface area contributed by atoms with Crippen LogP contribution in [0.3, 0.4) is 0 Å². The molecule has 0 aliphatic heterocycles. The third kappa shape index (κ3) is 4.54. The van der Waals surface area contributed by atoms with E-state index in [4.69, 9.17) is 4.74 Å². The molecule has 108 valence electrons. The highest BCUT2D eigenvalue weighted by Gasteiger charge is 2.18. The zero-order valence-electron chi connectivity index (χ0n) is 13.1. The molecule has 0 amide bonds. The Hall–Kier alpha value is -1.02. The first-order chi connectivity index (χ1) is 9.13. The zero-order valence-corrected chi connectivity index (χ0v) is 13.1. The molecule has 2 nitrogen and oxygen atoms in total. The molecular formula is C17H29NO. The topological polar surface area (TPSA) is 21.3 Å². The van der Waals surface area contributed by atoms with E-state index in [0.717, 1.165) is 18.8 Å². The first-order valence-corrected chi connectivity index (χ1v) is 7.49. The lowest BCUT2D eigenvalue weighted by atomic mass is 9.85. The summed E-state index contributed by atoms with van der Waals surface area (Å²) in [5, 5.41) is 3.56. The molecule has 0 saturated carbocycles. The highest BCUT2D eigenvalue weighted by atomic mass is 16.5. The van der Waals surface area contributed by atoms with Crippen molar-refractivity contribution >= 4 is 0 Å². The van der Waals surface area contributed by atoms with Crippen molar-refractivity contribution in [3.8, 4) is 5.75 Å². The van der Waals surface area contributed by atoms with Gasteiger partial charge in [-0.05, 0) is 48.9 Å². The van der Waals surface area contributed by atoms with Gasteiger partial charge in [0.1, 0.15) is 5.75 Å². The van der Waals surface area contributed by atoms with Crippen molar-refractivity contribution < 1.29 is 4.74 Å². The van der Waals surface area contributed by atoms with Crippen LogP contribution in [-0.2, 0) is 0 Å². The van der Waals surface area contributed by atoms with Crippen LogP contribution in [0.2, 0.25) is 0 Å². The molecule has 0 aliphatic carbocycles. The van der Waals surface area contributed by atoms with Gasteiger partial charge in [0.15, 0.2) is 0 Å². The van der Waals surface area contributed by atoms with Gasteiger partial charge in [-0.15, -0.1) is 0 Å². The van der Waals surface area contributed by atoms with Gasteiger partial charge in [-0.2, -0.15) is 0 Å². The standard InChI is InChI=1S/C17H29NO/c1-6-10-18-12-16(13(3)7-2)15-9-8-14(4)17(11-15)19-5/h8-9,11,13,16,18H,6-7,10,12H2,1-5H3. The number of nitrogens with one attached hydrogen (secondary N) is 1. The molecule has 0 aliphatic rings. The maximum Gasteiger partial charge on any atom is 0.122 e. The zero-order chi connectivity index (χ0) is 14.3. The molecule has 0 fully saturated rings. The second-order valence-corrected chi connectivity index (χ2v) is 5.43. The molecule has 2 heteroatoms. The number of aryl methyl sites for hydroxylation is 1. The van der Waals surface area contributed by atoms with Crippen LogP contribution in [0.15, 0.2) is 18.2 Å². The van der Waals surface area contributed by atoms with E-state index in [9.17, 15) is 0 Å². The predicted molar refractivity (Wildman–Crippen MR) is 83.1 cm³/mol. The number of hydrogen-bond donors (Lipinski definition) is 1. The Balaban J connectivity index is 2.89. The van der Waals surface area contributed by atoms with Crippen molar-refractivity contribution in [1.29, 1.82) is 0 Å². The number of rotatable bonds is 8. The molecule has 0 bridgehead atoms.